The third-order valence-electron chi connectivity index (χ3n) is 7.50. The monoisotopic (exact) mass is 608 g/mol. The van der Waals surface area contributed by atoms with E-state index in [1.165, 1.54) is 43.9 Å². The van der Waals surface area contributed by atoms with E-state index >= 15 is 0 Å². The molecular formula is C29H36ClF3N6O3. The average Bonchev–Trinajstić information content (AvgIpc) is 3.50. The molecule has 0 aliphatic heterocycles. The Morgan fingerprint density at radius 2 is 1.62 bits per heavy atom. The van der Waals surface area contributed by atoms with E-state index in [9.17, 15) is 23.2 Å². The van der Waals surface area contributed by atoms with Crippen LogP contribution in [0, 0.1) is 11.3 Å². The standard InChI is InChI=1S/C27H35ClN6O.C2HF3O2/c1-19(2)33(22-8-4-3-5-9-22)18-20-12-14-21(15-13-20)27(35)32-34(23-10-6-7-11-23)26-24(28)17-30-25(16-29)31-26;3-2(4,5)1(6)7/h12-15,17,19,22-23H,3-11,18H2,1-2H3,(H,32,35);(H,6,7). The van der Waals surface area contributed by atoms with E-state index in [0.29, 0.717) is 28.5 Å². The summed E-state index contributed by atoms with van der Waals surface area (Å²) < 4.78 is 31.7. The number of hydrazine groups is 1. The number of benzene rings is 1. The molecule has 2 aliphatic rings. The Bertz CT molecular complexity index is 1240. The molecule has 0 spiro atoms. The van der Waals surface area contributed by atoms with Crippen molar-refractivity contribution in [2.24, 2.45) is 0 Å². The summed E-state index contributed by atoms with van der Waals surface area (Å²) in [5, 5.41) is 18.4. The lowest BCUT2D eigenvalue weighted by Crippen LogP contribution is -2.48. The van der Waals surface area contributed by atoms with Crippen molar-refractivity contribution in [3.05, 3.63) is 52.4 Å². The first-order valence-electron chi connectivity index (χ1n) is 14.1. The topological polar surface area (TPSA) is 122 Å². The van der Waals surface area contributed by atoms with Crippen molar-refractivity contribution in [2.45, 2.75) is 102 Å². The molecule has 1 aromatic carbocycles. The highest BCUT2D eigenvalue weighted by Crippen LogP contribution is 2.30. The van der Waals surface area contributed by atoms with Gasteiger partial charge in [0.05, 0.1) is 12.2 Å². The van der Waals surface area contributed by atoms with Gasteiger partial charge < -0.3 is 5.11 Å². The molecule has 1 heterocycles. The second-order valence-corrected chi connectivity index (χ2v) is 11.2. The third-order valence-corrected chi connectivity index (χ3v) is 7.76. The van der Waals surface area contributed by atoms with Gasteiger partial charge in [-0.05, 0) is 57.2 Å². The number of aromatic nitrogens is 2. The molecule has 0 bridgehead atoms. The number of aliphatic carboxylic acids is 1. The molecular weight excluding hydrogens is 573 g/mol. The number of nitriles is 1. The Morgan fingerprint density at radius 3 is 2.14 bits per heavy atom. The van der Waals surface area contributed by atoms with Gasteiger partial charge in [-0.2, -0.15) is 23.4 Å². The zero-order chi connectivity index (χ0) is 30.9. The lowest BCUT2D eigenvalue weighted by atomic mass is 9.93. The first kappa shape index (κ1) is 33.1. The fourth-order valence-corrected chi connectivity index (χ4v) is 5.53. The second kappa shape index (κ2) is 15.2. The molecule has 0 saturated heterocycles. The fourth-order valence-electron chi connectivity index (χ4n) is 5.35. The van der Waals surface area contributed by atoms with Crippen molar-refractivity contribution in [1.82, 2.24) is 20.3 Å². The summed E-state index contributed by atoms with van der Waals surface area (Å²) >= 11 is 6.38. The number of amides is 1. The highest BCUT2D eigenvalue weighted by Gasteiger charge is 2.38. The molecule has 9 nitrogen and oxygen atoms in total. The van der Waals surface area contributed by atoms with E-state index in [4.69, 9.17) is 21.5 Å². The van der Waals surface area contributed by atoms with E-state index in [0.717, 1.165) is 32.2 Å². The van der Waals surface area contributed by atoms with E-state index in [-0.39, 0.29) is 17.8 Å². The van der Waals surface area contributed by atoms with E-state index in [1.807, 2.05) is 18.2 Å². The van der Waals surface area contributed by atoms with Gasteiger partial charge >= 0.3 is 12.1 Å². The predicted molar refractivity (Wildman–Crippen MR) is 152 cm³/mol. The van der Waals surface area contributed by atoms with Crippen LogP contribution in [0.1, 0.15) is 93.4 Å². The number of carboxylic acids is 1. The number of carbonyl (C=O) groups excluding carboxylic acids is 1. The van der Waals surface area contributed by atoms with Crippen molar-refractivity contribution in [3.8, 4) is 6.07 Å². The van der Waals surface area contributed by atoms with Gasteiger partial charge in [-0.1, -0.05) is 55.8 Å². The van der Waals surface area contributed by atoms with Gasteiger partial charge in [0.25, 0.3) is 5.91 Å². The number of rotatable bonds is 8. The Morgan fingerprint density at radius 1 is 1.07 bits per heavy atom. The number of carboxylic acid groups (broad SMARTS) is 1. The van der Waals surface area contributed by atoms with Gasteiger partial charge in [0, 0.05) is 24.2 Å². The minimum atomic E-state index is -5.08. The maximum Gasteiger partial charge on any atom is 0.490 e. The lowest BCUT2D eigenvalue weighted by Gasteiger charge is -2.37. The van der Waals surface area contributed by atoms with Crippen LogP contribution in [0.2, 0.25) is 5.02 Å². The predicted octanol–water partition coefficient (Wildman–Crippen LogP) is 6.27. The number of hydrogen-bond acceptors (Lipinski definition) is 7. The summed E-state index contributed by atoms with van der Waals surface area (Å²) in [4.78, 5) is 32.9. The van der Waals surface area contributed by atoms with Crippen molar-refractivity contribution in [3.63, 3.8) is 0 Å². The Balaban J connectivity index is 0.000000616. The van der Waals surface area contributed by atoms with Gasteiger partial charge in [-0.15, -0.1) is 0 Å². The largest absolute Gasteiger partial charge is 0.490 e. The summed E-state index contributed by atoms with van der Waals surface area (Å²) in [6, 6.07) is 11.0. The number of nitrogens with one attached hydrogen (secondary N) is 1. The molecule has 1 aromatic heterocycles. The molecule has 2 saturated carbocycles. The van der Waals surface area contributed by atoms with Crippen molar-refractivity contribution in [2.75, 3.05) is 5.01 Å². The summed E-state index contributed by atoms with van der Waals surface area (Å²) in [6.45, 7) is 5.43. The normalized spacial score (nSPS) is 16.1. The minimum absolute atomic E-state index is 0.0265. The van der Waals surface area contributed by atoms with Crippen molar-refractivity contribution < 1.29 is 27.9 Å². The van der Waals surface area contributed by atoms with Crippen LogP contribution >= 0.6 is 11.6 Å². The zero-order valence-corrected chi connectivity index (χ0v) is 24.5. The van der Waals surface area contributed by atoms with E-state index in [1.54, 1.807) is 5.01 Å². The SMILES string of the molecule is CC(C)N(Cc1ccc(C(=O)NN(c2nc(C#N)ncc2Cl)C2CCCC2)cc1)C1CCCCC1.O=C(O)C(F)(F)F. The molecule has 2 aromatic rings. The van der Waals surface area contributed by atoms with E-state index in [2.05, 4.69) is 46.3 Å². The van der Waals surface area contributed by atoms with Crippen LogP contribution in [0.5, 0.6) is 0 Å². The molecule has 13 heteroatoms. The third kappa shape index (κ3) is 9.29. The zero-order valence-electron chi connectivity index (χ0n) is 23.7. The lowest BCUT2D eigenvalue weighted by molar-refractivity contribution is -0.192. The number of alkyl halides is 3. The van der Waals surface area contributed by atoms with E-state index < -0.39 is 12.1 Å². The maximum absolute atomic E-state index is 13.2. The smallest absolute Gasteiger partial charge is 0.475 e. The number of anilines is 1. The molecule has 42 heavy (non-hydrogen) atoms. The highest BCUT2D eigenvalue weighted by molar-refractivity contribution is 6.32. The number of carbonyl (C=O) groups is 2. The van der Waals surface area contributed by atoms with Gasteiger partial charge in [0.15, 0.2) is 5.82 Å². The number of halogens is 4. The minimum Gasteiger partial charge on any atom is -0.475 e. The first-order chi connectivity index (χ1) is 19.9. The fraction of sp³-hybridized carbons (Fsp3) is 0.552. The Kier molecular flexibility index (Phi) is 11.9. The quantitative estimate of drug-likeness (QED) is 0.336. The summed E-state index contributed by atoms with van der Waals surface area (Å²) in [5.74, 6) is -2.58. The summed E-state index contributed by atoms with van der Waals surface area (Å²) in [7, 11) is 0. The van der Waals surface area contributed by atoms with Gasteiger partial charge in [0.2, 0.25) is 5.82 Å². The van der Waals surface area contributed by atoms with Crippen molar-refractivity contribution in [1.29, 1.82) is 5.26 Å². The van der Waals surface area contributed by atoms with Crippen LogP contribution in [-0.4, -0.2) is 56.2 Å². The maximum atomic E-state index is 13.2. The Hall–Kier alpha value is -3.43. The van der Waals surface area contributed by atoms with Gasteiger partial charge in [-0.3, -0.25) is 20.1 Å². The molecule has 2 N–H and O–H groups in total. The molecule has 2 aliphatic carbocycles. The molecule has 0 radical (unpaired) electrons. The highest BCUT2D eigenvalue weighted by atomic mass is 35.5. The molecule has 4 rings (SSSR count). The summed E-state index contributed by atoms with van der Waals surface area (Å²) in [5.41, 5.74) is 4.81. The first-order valence-corrected chi connectivity index (χ1v) is 14.5. The molecule has 1 amide bonds. The van der Waals surface area contributed by atoms with Crippen LogP contribution in [0.15, 0.2) is 30.5 Å². The Labute approximate surface area is 248 Å². The molecule has 0 unspecified atom stereocenters. The van der Waals surface area contributed by atoms with Crippen LogP contribution in [0.25, 0.3) is 0 Å². The second-order valence-electron chi connectivity index (χ2n) is 10.8. The number of hydrogen-bond donors (Lipinski definition) is 2. The average molecular weight is 609 g/mol. The van der Waals surface area contributed by atoms with Crippen LogP contribution < -0.4 is 10.4 Å². The molecule has 2 fully saturated rings. The van der Waals surface area contributed by atoms with Gasteiger partial charge in [-0.25, -0.2) is 9.78 Å². The summed E-state index contributed by atoms with van der Waals surface area (Å²) in [6.07, 6.45) is 6.86. The van der Waals surface area contributed by atoms with Crippen LogP contribution in [-0.2, 0) is 11.3 Å². The van der Waals surface area contributed by atoms with Crippen molar-refractivity contribution >= 4 is 29.3 Å². The molecule has 228 valence electrons. The van der Waals surface area contributed by atoms with Crippen LogP contribution in [0.3, 0.4) is 0 Å². The number of nitrogens with zero attached hydrogens (tertiary/aromatic N) is 5. The van der Waals surface area contributed by atoms with Crippen LogP contribution in [0.4, 0.5) is 19.0 Å². The molecule has 0 atom stereocenters. The van der Waals surface area contributed by atoms with Gasteiger partial charge in [0.1, 0.15) is 11.1 Å².